The molecule has 0 radical (unpaired) electrons. The molecule has 0 aromatic heterocycles. The van der Waals surface area contributed by atoms with Crippen LogP contribution < -0.4 is 0 Å². The average Bonchev–Trinajstić information content (AvgIpc) is 2.96. The molecule has 1 heterocycles. The Labute approximate surface area is 125 Å². The van der Waals surface area contributed by atoms with Gasteiger partial charge in [-0.3, -0.25) is 0 Å². The second-order valence-electron chi connectivity index (χ2n) is 6.96. The summed E-state index contributed by atoms with van der Waals surface area (Å²) in [5, 5.41) is 0. The molecule has 0 saturated carbocycles. The molecule has 1 atom stereocenters. The summed E-state index contributed by atoms with van der Waals surface area (Å²) in [6.45, 7) is 6.70. The first kappa shape index (κ1) is 15.9. The first-order chi connectivity index (χ1) is 9.80. The van der Waals surface area contributed by atoms with Gasteiger partial charge in [-0.05, 0) is 23.5 Å². The summed E-state index contributed by atoms with van der Waals surface area (Å²) in [6, 6.07) is 8.01. The minimum absolute atomic E-state index is 0.0974. The molecule has 1 aromatic rings. The molecule has 21 heavy (non-hydrogen) atoms. The Kier molecular flexibility index (Phi) is 4.35. The van der Waals surface area contributed by atoms with Gasteiger partial charge in [0, 0.05) is 0 Å². The molecule has 0 fully saturated rings. The van der Waals surface area contributed by atoms with Crippen molar-refractivity contribution in [2.24, 2.45) is 10.4 Å². The Bertz CT molecular complexity index is 513. The van der Waals surface area contributed by atoms with Crippen LogP contribution in [0.4, 0.5) is 8.78 Å². The third-order valence-corrected chi connectivity index (χ3v) is 3.92. The van der Waals surface area contributed by atoms with Crippen LogP contribution in [0.2, 0.25) is 0 Å². The highest BCUT2D eigenvalue weighted by molar-refractivity contribution is 5.84. The van der Waals surface area contributed by atoms with Crippen LogP contribution in [0, 0.1) is 5.41 Å². The van der Waals surface area contributed by atoms with E-state index in [-0.39, 0.29) is 17.4 Å². The van der Waals surface area contributed by atoms with Crippen molar-refractivity contribution in [2.45, 2.75) is 39.2 Å². The summed E-state index contributed by atoms with van der Waals surface area (Å²) in [5.41, 5.74) is 1.10. The Balaban J connectivity index is 2.19. The quantitative estimate of drug-likeness (QED) is 0.807. The van der Waals surface area contributed by atoms with Crippen molar-refractivity contribution >= 4 is 5.90 Å². The Morgan fingerprint density at radius 2 is 1.67 bits per heavy atom. The fraction of sp³-hybridized carbons (Fsp3) is 0.588. The maximum absolute atomic E-state index is 13.0. The van der Waals surface area contributed by atoms with Crippen molar-refractivity contribution in [3.63, 3.8) is 0 Å². The van der Waals surface area contributed by atoms with Crippen LogP contribution >= 0.6 is 0 Å². The Morgan fingerprint density at radius 3 is 2.14 bits per heavy atom. The molecule has 0 spiro atoms. The van der Waals surface area contributed by atoms with Gasteiger partial charge in [-0.2, -0.15) is 0 Å². The van der Waals surface area contributed by atoms with E-state index in [1.807, 2.05) is 12.1 Å². The van der Waals surface area contributed by atoms with Gasteiger partial charge in [0.15, 0.2) is 5.90 Å². The van der Waals surface area contributed by atoms with Crippen LogP contribution in [0.25, 0.3) is 0 Å². The summed E-state index contributed by atoms with van der Waals surface area (Å²) >= 11 is 0. The zero-order chi connectivity index (χ0) is 15.7. The molecule has 116 valence electrons. The van der Waals surface area contributed by atoms with Crippen LogP contribution in [0.3, 0.4) is 0 Å². The smallest absolute Gasteiger partial charge is 0.195 e. The highest BCUT2D eigenvalue weighted by Crippen LogP contribution is 2.32. The first-order valence-corrected chi connectivity index (χ1v) is 7.23. The molecular weight excluding hydrogens is 272 g/mol. The molecule has 0 N–H and O–H groups in total. The number of hydrogen-bond acceptors (Lipinski definition) is 2. The van der Waals surface area contributed by atoms with Crippen molar-refractivity contribution in [1.29, 1.82) is 0 Å². The molecule has 1 unspecified atom stereocenters. The number of ether oxygens (including phenoxy) is 1. The van der Waals surface area contributed by atoms with E-state index in [9.17, 15) is 8.78 Å². The van der Waals surface area contributed by atoms with Crippen molar-refractivity contribution in [1.82, 2.24) is 0 Å². The van der Waals surface area contributed by atoms with Gasteiger partial charge >= 0.3 is 0 Å². The predicted molar refractivity (Wildman–Crippen MR) is 81.3 cm³/mol. The molecular formula is C17H23F2NO. The number of alkyl halides is 2. The van der Waals surface area contributed by atoms with E-state index in [2.05, 4.69) is 37.9 Å². The van der Waals surface area contributed by atoms with Gasteiger partial charge < -0.3 is 4.74 Å². The monoisotopic (exact) mass is 295 g/mol. The van der Waals surface area contributed by atoms with Crippen molar-refractivity contribution < 1.29 is 13.5 Å². The van der Waals surface area contributed by atoms with Crippen molar-refractivity contribution in [3.8, 4) is 0 Å². The van der Waals surface area contributed by atoms with Gasteiger partial charge in [-0.1, -0.05) is 45.0 Å². The van der Waals surface area contributed by atoms with E-state index in [0.29, 0.717) is 6.61 Å². The van der Waals surface area contributed by atoms with E-state index < -0.39 is 18.8 Å². The second-order valence-corrected chi connectivity index (χ2v) is 6.96. The fourth-order valence-corrected chi connectivity index (χ4v) is 2.23. The molecule has 0 amide bonds. The molecule has 0 bridgehead atoms. The molecule has 0 aliphatic carbocycles. The van der Waals surface area contributed by atoms with Gasteiger partial charge in [0.1, 0.15) is 26.0 Å². The third-order valence-electron chi connectivity index (χ3n) is 3.92. The zero-order valence-corrected chi connectivity index (χ0v) is 13.1. The lowest BCUT2D eigenvalue weighted by Gasteiger charge is -2.20. The molecule has 1 aliphatic rings. The molecule has 0 saturated heterocycles. The van der Waals surface area contributed by atoms with Crippen LogP contribution in [-0.4, -0.2) is 25.9 Å². The summed E-state index contributed by atoms with van der Waals surface area (Å²) < 4.78 is 31.4. The van der Waals surface area contributed by atoms with Crippen LogP contribution in [0.5, 0.6) is 0 Å². The molecule has 4 heteroatoms. The van der Waals surface area contributed by atoms with Gasteiger partial charge in [-0.15, -0.1) is 0 Å². The van der Waals surface area contributed by atoms with E-state index in [4.69, 9.17) is 4.74 Å². The van der Waals surface area contributed by atoms with Crippen LogP contribution in [-0.2, 0) is 10.2 Å². The van der Waals surface area contributed by atoms with Gasteiger partial charge in [0.25, 0.3) is 0 Å². The molecule has 2 nitrogen and oxygen atoms in total. The molecule has 1 aliphatic heterocycles. The minimum Gasteiger partial charge on any atom is -0.478 e. The second kappa shape index (κ2) is 5.74. The SMILES string of the molecule is CC(CF)(CF)C1=NC(c2ccc(C(C)(C)C)cc2)CO1. The number of nitrogens with zero attached hydrogens (tertiary/aromatic N) is 1. The predicted octanol–water partition coefficient (Wildman–Crippen LogP) is 4.40. The number of hydrogen-bond donors (Lipinski definition) is 0. The highest BCUT2D eigenvalue weighted by Gasteiger charge is 2.37. The van der Waals surface area contributed by atoms with Crippen molar-refractivity contribution in [2.75, 3.05) is 20.0 Å². The lowest BCUT2D eigenvalue weighted by atomic mass is 9.86. The summed E-state index contributed by atoms with van der Waals surface area (Å²) in [4.78, 5) is 4.38. The maximum atomic E-state index is 13.0. The van der Waals surface area contributed by atoms with E-state index in [1.165, 1.54) is 12.5 Å². The van der Waals surface area contributed by atoms with Crippen LogP contribution in [0.1, 0.15) is 44.9 Å². The van der Waals surface area contributed by atoms with Crippen LogP contribution in [0.15, 0.2) is 29.3 Å². The van der Waals surface area contributed by atoms with Gasteiger partial charge in [-0.25, -0.2) is 13.8 Å². The Morgan fingerprint density at radius 1 is 1.10 bits per heavy atom. The minimum atomic E-state index is -1.25. The molecule has 1 aromatic carbocycles. The van der Waals surface area contributed by atoms with Gasteiger partial charge in [0.2, 0.25) is 0 Å². The first-order valence-electron chi connectivity index (χ1n) is 7.23. The standard InChI is InChI=1S/C17H23F2NO/c1-16(2,3)13-7-5-12(6-8-13)14-9-21-15(20-14)17(4,10-18)11-19/h5-8,14H,9-11H2,1-4H3. The highest BCUT2D eigenvalue weighted by atomic mass is 19.1. The summed E-state index contributed by atoms with van der Waals surface area (Å²) in [5.74, 6) is 0.192. The normalized spacial score (nSPS) is 19.3. The van der Waals surface area contributed by atoms with Gasteiger partial charge in [0.05, 0.1) is 5.41 Å². The molecule has 2 rings (SSSR count). The summed E-state index contributed by atoms with van der Waals surface area (Å²) in [6.07, 6.45) is 0. The fourth-order valence-electron chi connectivity index (χ4n) is 2.23. The largest absolute Gasteiger partial charge is 0.478 e. The maximum Gasteiger partial charge on any atom is 0.195 e. The van der Waals surface area contributed by atoms with E-state index in [0.717, 1.165) is 5.56 Å². The Hall–Kier alpha value is -1.45. The van der Waals surface area contributed by atoms with E-state index >= 15 is 0 Å². The third kappa shape index (κ3) is 3.25. The number of benzene rings is 1. The number of rotatable bonds is 4. The lowest BCUT2D eigenvalue weighted by Crippen LogP contribution is -2.32. The number of halogens is 2. The number of aliphatic imine (C=N–C) groups is 1. The van der Waals surface area contributed by atoms with Crippen molar-refractivity contribution in [3.05, 3.63) is 35.4 Å². The lowest BCUT2D eigenvalue weighted by molar-refractivity contribution is 0.198. The van der Waals surface area contributed by atoms with E-state index in [1.54, 1.807) is 0 Å². The topological polar surface area (TPSA) is 21.6 Å². The average molecular weight is 295 g/mol. The summed E-state index contributed by atoms with van der Waals surface area (Å²) in [7, 11) is 0. The zero-order valence-electron chi connectivity index (χ0n) is 13.1.